The van der Waals surface area contributed by atoms with E-state index in [1.807, 2.05) is 4.72 Å². The average molecular weight is 273 g/mol. The molecule has 96 valence electrons. The van der Waals surface area contributed by atoms with E-state index < -0.39 is 43.3 Å². The molecule has 0 fully saturated rings. The summed E-state index contributed by atoms with van der Waals surface area (Å²) in [6, 6.07) is 0. The molecule has 0 aromatic heterocycles. The molecule has 7 nitrogen and oxygen atoms in total. The van der Waals surface area contributed by atoms with Crippen molar-refractivity contribution in [3.8, 4) is 0 Å². The number of sulfonamides is 1. The Morgan fingerprint density at radius 3 is 2.12 bits per heavy atom. The Hall–Kier alpha value is -0.670. The normalized spacial score (nSPS) is 14.6. The van der Waals surface area contributed by atoms with Gasteiger partial charge in [-0.2, -0.15) is 0 Å². The molecule has 0 aromatic carbocycles. The second-order valence-corrected chi connectivity index (χ2v) is 7.72. The lowest BCUT2D eigenvalue weighted by atomic mass is 10.2. The molecule has 0 bridgehead atoms. The fourth-order valence-corrected chi connectivity index (χ4v) is 3.41. The molecule has 0 radical (unpaired) electrons. The van der Waals surface area contributed by atoms with Gasteiger partial charge in [-0.15, -0.1) is 0 Å². The predicted octanol–water partition coefficient (Wildman–Crippen LogP) is -1.33. The maximum atomic E-state index is 11.2. The number of hydrogen-bond donors (Lipinski definition) is 2. The van der Waals surface area contributed by atoms with Gasteiger partial charge < -0.3 is 5.11 Å². The van der Waals surface area contributed by atoms with Crippen molar-refractivity contribution < 1.29 is 26.7 Å². The molecule has 16 heavy (non-hydrogen) atoms. The highest BCUT2D eigenvalue weighted by Crippen LogP contribution is 1.95. The molecular weight excluding hydrogens is 258 g/mol. The van der Waals surface area contributed by atoms with Crippen molar-refractivity contribution in [1.82, 2.24) is 4.72 Å². The molecular formula is C7H15NO6S2. The molecule has 1 unspecified atom stereocenters. The summed E-state index contributed by atoms with van der Waals surface area (Å²) >= 11 is 0. The van der Waals surface area contributed by atoms with Crippen LogP contribution < -0.4 is 4.72 Å². The third-order valence-corrected chi connectivity index (χ3v) is 4.31. The van der Waals surface area contributed by atoms with Gasteiger partial charge in [0.05, 0.1) is 17.4 Å². The zero-order valence-corrected chi connectivity index (χ0v) is 10.6. The van der Waals surface area contributed by atoms with Gasteiger partial charge in [0.15, 0.2) is 0 Å². The van der Waals surface area contributed by atoms with E-state index in [1.165, 1.54) is 6.92 Å². The minimum atomic E-state index is -3.74. The number of carbonyl (C=O) groups is 1. The first kappa shape index (κ1) is 15.3. The van der Waals surface area contributed by atoms with Crippen molar-refractivity contribution in [2.75, 3.05) is 24.3 Å². The van der Waals surface area contributed by atoms with Gasteiger partial charge in [-0.05, 0) is 0 Å². The summed E-state index contributed by atoms with van der Waals surface area (Å²) in [6.07, 6.45) is 0.933. The van der Waals surface area contributed by atoms with E-state index in [0.29, 0.717) is 0 Å². The monoisotopic (exact) mass is 273 g/mol. The van der Waals surface area contributed by atoms with Gasteiger partial charge in [-0.3, -0.25) is 4.79 Å². The van der Waals surface area contributed by atoms with Gasteiger partial charge in [-0.25, -0.2) is 21.6 Å². The van der Waals surface area contributed by atoms with Crippen LogP contribution in [-0.4, -0.2) is 52.2 Å². The number of aliphatic carboxylic acids is 1. The van der Waals surface area contributed by atoms with E-state index in [4.69, 9.17) is 5.11 Å². The molecule has 0 spiro atoms. The highest BCUT2D eigenvalue weighted by Gasteiger charge is 2.17. The first-order chi connectivity index (χ1) is 7.03. The molecule has 0 aliphatic heterocycles. The van der Waals surface area contributed by atoms with Crippen LogP contribution in [0.5, 0.6) is 0 Å². The Morgan fingerprint density at radius 1 is 1.25 bits per heavy atom. The zero-order valence-electron chi connectivity index (χ0n) is 9.00. The lowest BCUT2D eigenvalue weighted by Crippen LogP contribution is -2.34. The van der Waals surface area contributed by atoms with Crippen LogP contribution in [0.4, 0.5) is 0 Å². The average Bonchev–Trinajstić information content (AvgIpc) is 2.10. The Balaban J connectivity index is 4.22. The van der Waals surface area contributed by atoms with Gasteiger partial charge in [0.2, 0.25) is 10.0 Å². The van der Waals surface area contributed by atoms with Crippen LogP contribution in [0.2, 0.25) is 0 Å². The summed E-state index contributed by atoms with van der Waals surface area (Å²) in [6.45, 7) is 1.10. The second kappa shape index (κ2) is 5.60. The van der Waals surface area contributed by atoms with E-state index in [-0.39, 0.29) is 6.54 Å². The van der Waals surface area contributed by atoms with E-state index in [9.17, 15) is 21.6 Å². The first-order valence-corrected chi connectivity index (χ1v) is 8.12. The number of carboxylic acids is 1. The number of carboxylic acid groups (broad SMARTS) is 1. The lowest BCUT2D eigenvalue weighted by Gasteiger charge is -2.08. The van der Waals surface area contributed by atoms with Crippen LogP contribution in [0.3, 0.4) is 0 Å². The van der Waals surface area contributed by atoms with Crippen LogP contribution >= 0.6 is 0 Å². The molecule has 0 aromatic rings. The fraction of sp³-hybridized carbons (Fsp3) is 0.857. The molecule has 0 aliphatic rings. The number of sulfone groups is 1. The maximum absolute atomic E-state index is 11.2. The Kier molecular flexibility index (Phi) is 5.36. The number of rotatable bonds is 7. The van der Waals surface area contributed by atoms with Gasteiger partial charge in [0.1, 0.15) is 9.84 Å². The standard InChI is InChI=1S/C7H15NO6S2/c1-6(7(9)10)5-8-16(13,14)4-3-15(2,11)12/h6,8H,3-5H2,1-2H3,(H,9,10). The molecule has 9 heteroatoms. The lowest BCUT2D eigenvalue weighted by molar-refractivity contribution is -0.140. The SMILES string of the molecule is CC(CNS(=O)(=O)CCS(C)(=O)=O)C(=O)O. The summed E-state index contributed by atoms with van der Waals surface area (Å²) < 4.78 is 46.0. The molecule has 0 saturated heterocycles. The van der Waals surface area contributed by atoms with Crippen LogP contribution in [-0.2, 0) is 24.7 Å². The van der Waals surface area contributed by atoms with Crippen molar-refractivity contribution in [2.45, 2.75) is 6.92 Å². The van der Waals surface area contributed by atoms with E-state index >= 15 is 0 Å². The van der Waals surface area contributed by atoms with Gasteiger partial charge >= 0.3 is 5.97 Å². The highest BCUT2D eigenvalue weighted by atomic mass is 32.2. The van der Waals surface area contributed by atoms with Crippen molar-refractivity contribution >= 4 is 25.8 Å². The number of hydrogen-bond acceptors (Lipinski definition) is 5. The molecule has 2 N–H and O–H groups in total. The topological polar surface area (TPSA) is 118 Å². The smallest absolute Gasteiger partial charge is 0.307 e. The van der Waals surface area contributed by atoms with Crippen LogP contribution in [0.25, 0.3) is 0 Å². The Morgan fingerprint density at radius 2 is 1.75 bits per heavy atom. The van der Waals surface area contributed by atoms with Crippen molar-refractivity contribution in [1.29, 1.82) is 0 Å². The van der Waals surface area contributed by atoms with Crippen molar-refractivity contribution in [3.05, 3.63) is 0 Å². The van der Waals surface area contributed by atoms with Crippen molar-refractivity contribution in [3.63, 3.8) is 0 Å². The van der Waals surface area contributed by atoms with Gasteiger partial charge in [0, 0.05) is 12.8 Å². The molecule has 0 saturated carbocycles. The summed E-state index contributed by atoms with van der Waals surface area (Å²) in [5.74, 6) is -3.01. The van der Waals surface area contributed by atoms with Crippen molar-refractivity contribution in [2.24, 2.45) is 5.92 Å². The zero-order chi connectivity index (χ0) is 13.0. The van der Waals surface area contributed by atoms with E-state index in [0.717, 1.165) is 6.26 Å². The minimum Gasteiger partial charge on any atom is -0.481 e. The Labute approximate surface area is 94.8 Å². The van der Waals surface area contributed by atoms with Crippen LogP contribution in [0.15, 0.2) is 0 Å². The minimum absolute atomic E-state index is 0.249. The van der Waals surface area contributed by atoms with Gasteiger partial charge in [-0.1, -0.05) is 6.92 Å². The Bertz CT molecular complexity index is 437. The maximum Gasteiger partial charge on any atom is 0.307 e. The van der Waals surface area contributed by atoms with E-state index in [1.54, 1.807) is 0 Å². The molecule has 0 heterocycles. The third kappa shape index (κ3) is 7.60. The highest BCUT2D eigenvalue weighted by molar-refractivity contribution is 7.93. The quantitative estimate of drug-likeness (QED) is 0.593. The third-order valence-electron chi connectivity index (χ3n) is 1.75. The summed E-state index contributed by atoms with van der Waals surface area (Å²) in [5, 5.41) is 8.51. The second-order valence-electron chi connectivity index (χ2n) is 3.54. The summed E-state index contributed by atoms with van der Waals surface area (Å²) in [4.78, 5) is 10.4. The summed E-state index contributed by atoms with van der Waals surface area (Å²) in [7, 11) is -7.08. The first-order valence-electron chi connectivity index (χ1n) is 4.41. The largest absolute Gasteiger partial charge is 0.481 e. The molecule has 0 aliphatic carbocycles. The number of nitrogens with one attached hydrogen (secondary N) is 1. The fourth-order valence-electron chi connectivity index (χ4n) is 0.673. The predicted molar refractivity (Wildman–Crippen MR) is 58.3 cm³/mol. The summed E-state index contributed by atoms with van der Waals surface area (Å²) in [5.41, 5.74) is 0. The molecule has 0 rings (SSSR count). The van der Waals surface area contributed by atoms with E-state index in [2.05, 4.69) is 0 Å². The van der Waals surface area contributed by atoms with Crippen LogP contribution in [0, 0.1) is 5.92 Å². The molecule has 0 amide bonds. The van der Waals surface area contributed by atoms with Crippen LogP contribution in [0.1, 0.15) is 6.92 Å². The van der Waals surface area contributed by atoms with Gasteiger partial charge in [0.25, 0.3) is 0 Å². The molecule has 1 atom stereocenters.